The van der Waals surface area contributed by atoms with Crippen molar-refractivity contribution in [2.45, 2.75) is 20.4 Å². The number of hydrogen-bond acceptors (Lipinski definition) is 3. The minimum absolute atomic E-state index is 0.236. The van der Waals surface area contributed by atoms with E-state index in [4.69, 9.17) is 9.84 Å². The quantitative estimate of drug-likeness (QED) is 0.812. The summed E-state index contributed by atoms with van der Waals surface area (Å²) in [5.74, 6) is -0.440. The lowest BCUT2D eigenvalue weighted by Crippen LogP contribution is -2.08. The lowest BCUT2D eigenvalue weighted by molar-refractivity contribution is 0.0699. The van der Waals surface area contributed by atoms with E-state index in [1.54, 1.807) is 18.5 Å². The predicted octanol–water partition coefficient (Wildman–Crippen LogP) is 2.41. The topological polar surface area (TPSA) is 64.4 Å². The molecule has 0 aliphatic carbocycles. The van der Waals surface area contributed by atoms with Crippen LogP contribution < -0.4 is 0 Å². The number of rotatable bonds is 6. The number of aromatic nitrogens is 2. The lowest BCUT2D eigenvalue weighted by Gasteiger charge is -2.08. The molecular weight excluding hydrogens is 244 g/mol. The van der Waals surface area contributed by atoms with E-state index in [1.165, 1.54) is 0 Å². The fraction of sp³-hybridized carbons (Fsp3) is 0.429. The minimum Gasteiger partial charge on any atom is -0.478 e. The van der Waals surface area contributed by atoms with Gasteiger partial charge in [0.05, 0.1) is 24.0 Å². The van der Waals surface area contributed by atoms with Crippen molar-refractivity contribution in [3.8, 4) is 0 Å². The first kappa shape index (κ1) is 13.5. The highest BCUT2D eigenvalue weighted by molar-refractivity contribution is 6.00. The van der Waals surface area contributed by atoms with Gasteiger partial charge in [0.1, 0.15) is 5.52 Å². The van der Waals surface area contributed by atoms with Gasteiger partial charge in [0.15, 0.2) is 0 Å². The summed E-state index contributed by atoms with van der Waals surface area (Å²) in [5, 5.41) is 9.09. The van der Waals surface area contributed by atoms with Crippen molar-refractivity contribution in [2.24, 2.45) is 5.92 Å². The average molecular weight is 262 g/mol. The largest absolute Gasteiger partial charge is 0.478 e. The van der Waals surface area contributed by atoms with Gasteiger partial charge in [-0.2, -0.15) is 0 Å². The molecular formula is C14H18N2O3. The molecule has 0 spiro atoms. The van der Waals surface area contributed by atoms with Crippen LogP contribution in [-0.2, 0) is 11.3 Å². The first-order chi connectivity index (χ1) is 9.09. The summed E-state index contributed by atoms with van der Waals surface area (Å²) in [6.45, 7) is 6.21. The molecule has 0 aliphatic heterocycles. The number of para-hydroxylation sites is 1. The molecule has 2 rings (SSSR count). The molecule has 1 heterocycles. The maximum absolute atomic E-state index is 11.1. The van der Waals surface area contributed by atoms with Gasteiger partial charge in [0.2, 0.25) is 0 Å². The predicted molar refractivity (Wildman–Crippen MR) is 72.3 cm³/mol. The van der Waals surface area contributed by atoms with E-state index in [9.17, 15) is 4.79 Å². The van der Waals surface area contributed by atoms with Gasteiger partial charge >= 0.3 is 5.97 Å². The Hall–Kier alpha value is -1.88. The Kier molecular flexibility index (Phi) is 4.16. The van der Waals surface area contributed by atoms with Gasteiger partial charge in [-0.25, -0.2) is 9.78 Å². The second-order valence-electron chi connectivity index (χ2n) is 4.89. The highest BCUT2D eigenvalue weighted by Gasteiger charge is 2.12. The Morgan fingerprint density at radius 2 is 2.26 bits per heavy atom. The van der Waals surface area contributed by atoms with E-state index in [-0.39, 0.29) is 5.56 Å². The van der Waals surface area contributed by atoms with Gasteiger partial charge in [-0.3, -0.25) is 0 Å². The van der Waals surface area contributed by atoms with Crippen molar-refractivity contribution in [3.05, 3.63) is 30.1 Å². The molecule has 0 saturated carbocycles. The maximum atomic E-state index is 11.1. The van der Waals surface area contributed by atoms with Crippen LogP contribution >= 0.6 is 0 Å². The maximum Gasteiger partial charge on any atom is 0.337 e. The zero-order chi connectivity index (χ0) is 13.8. The van der Waals surface area contributed by atoms with Crippen LogP contribution in [0.2, 0.25) is 0 Å². The number of hydrogen-bond donors (Lipinski definition) is 1. The van der Waals surface area contributed by atoms with Gasteiger partial charge < -0.3 is 14.4 Å². The molecule has 0 bridgehead atoms. The molecule has 1 N–H and O–H groups in total. The molecule has 0 unspecified atom stereocenters. The van der Waals surface area contributed by atoms with Gasteiger partial charge in [-0.05, 0) is 18.1 Å². The minimum atomic E-state index is -0.952. The third-order valence-electron chi connectivity index (χ3n) is 2.81. The summed E-state index contributed by atoms with van der Waals surface area (Å²) in [7, 11) is 0. The summed E-state index contributed by atoms with van der Waals surface area (Å²) in [6.07, 6.45) is 1.66. The van der Waals surface area contributed by atoms with Crippen molar-refractivity contribution in [1.29, 1.82) is 0 Å². The molecule has 0 radical (unpaired) electrons. The van der Waals surface area contributed by atoms with Crippen LogP contribution in [0, 0.1) is 5.92 Å². The van der Waals surface area contributed by atoms with Crippen molar-refractivity contribution in [2.75, 3.05) is 13.2 Å². The number of benzene rings is 1. The zero-order valence-electron chi connectivity index (χ0n) is 11.2. The molecule has 0 atom stereocenters. The van der Waals surface area contributed by atoms with Gasteiger partial charge in [0, 0.05) is 13.2 Å². The van der Waals surface area contributed by atoms with Crippen LogP contribution in [-0.4, -0.2) is 33.8 Å². The van der Waals surface area contributed by atoms with Crippen LogP contribution in [0.25, 0.3) is 11.0 Å². The molecule has 102 valence electrons. The highest BCUT2D eigenvalue weighted by atomic mass is 16.5. The summed E-state index contributed by atoms with van der Waals surface area (Å²) >= 11 is 0. The standard InChI is InChI=1S/C14H18N2O3/c1-10(2)8-19-7-6-16-9-15-13-11(14(17)18)4-3-5-12(13)16/h3-5,9-10H,6-8H2,1-2H3,(H,17,18). The number of carboxylic acids is 1. The Balaban J connectivity index is 2.12. The molecule has 0 aliphatic rings. The van der Waals surface area contributed by atoms with Gasteiger partial charge in [0.25, 0.3) is 0 Å². The molecule has 0 saturated heterocycles. The van der Waals surface area contributed by atoms with Gasteiger partial charge in [-0.1, -0.05) is 19.9 Å². The SMILES string of the molecule is CC(C)COCCn1cnc2c(C(=O)O)cccc21. The Bertz CT molecular complexity index is 575. The van der Waals surface area contributed by atoms with Crippen LogP contribution in [0.5, 0.6) is 0 Å². The number of fused-ring (bicyclic) bond motifs is 1. The smallest absolute Gasteiger partial charge is 0.337 e. The summed E-state index contributed by atoms with van der Waals surface area (Å²) in [4.78, 5) is 15.3. The summed E-state index contributed by atoms with van der Waals surface area (Å²) < 4.78 is 7.45. The summed E-state index contributed by atoms with van der Waals surface area (Å²) in [5.41, 5.74) is 1.59. The second kappa shape index (κ2) is 5.84. The van der Waals surface area contributed by atoms with E-state index in [0.29, 0.717) is 24.6 Å². The number of ether oxygens (including phenoxy) is 1. The van der Waals surface area contributed by atoms with Crippen LogP contribution in [0.4, 0.5) is 0 Å². The molecule has 5 nitrogen and oxygen atoms in total. The van der Waals surface area contributed by atoms with Crippen molar-refractivity contribution < 1.29 is 14.6 Å². The summed E-state index contributed by atoms with van der Waals surface area (Å²) in [6, 6.07) is 5.17. The van der Waals surface area contributed by atoms with E-state index in [1.807, 2.05) is 10.6 Å². The first-order valence-electron chi connectivity index (χ1n) is 6.34. The van der Waals surface area contributed by atoms with Crippen molar-refractivity contribution >= 4 is 17.0 Å². The molecule has 0 fully saturated rings. The fourth-order valence-electron chi connectivity index (χ4n) is 1.92. The Morgan fingerprint density at radius 1 is 1.47 bits per heavy atom. The zero-order valence-corrected chi connectivity index (χ0v) is 11.2. The average Bonchev–Trinajstić information content (AvgIpc) is 2.77. The molecule has 5 heteroatoms. The van der Waals surface area contributed by atoms with E-state index >= 15 is 0 Å². The second-order valence-corrected chi connectivity index (χ2v) is 4.89. The molecule has 1 aromatic carbocycles. The van der Waals surface area contributed by atoms with E-state index in [2.05, 4.69) is 18.8 Å². The normalized spacial score (nSPS) is 11.3. The lowest BCUT2D eigenvalue weighted by atomic mass is 10.2. The van der Waals surface area contributed by atoms with E-state index in [0.717, 1.165) is 12.1 Å². The molecule has 1 aromatic heterocycles. The first-order valence-corrected chi connectivity index (χ1v) is 6.34. The Morgan fingerprint density at radius 3 is 2.95 bits per heavy atom. The number of aromatic carboxylic acids is 1. The Labute approximate surface area is 111 Å². The number of imidazole rings is 1. The number of carboxylic acid groups (broad SMARTS) is 1. The molecule has 2 aromatic rings. The van der Waals surface area contributed by atoms with Crippen LogP contribution in [0.15, 0.2) is 24.5 Å². The molecule has 19 heavy (non-hydrogen) atoms. The number of nitrogens with zero attached hydrogens (tertiary/aromatic N) is 2. The van der Waals surface area contributed by atoms with Gasteiger partial charge in [-0.15, -0.1) is 0 Å². The highest BCUT2D eigenvalue weighted by Crippen LogP contribution is 2.17. The van der Waals surface area contributed by atoms with E-state index < -0.39 is 5.97 Å². The third kappa shape index (κ3) is 3.12. The number of carbonyl (C=O) groups is 1. The fourth-order valence-corrected chi connectivity index (χ4v) is 1.92. The van der Waals surface area contributed by atoms with Crippen LogP contribution in [0.1, 0.15) is 24.2 Å². The monoisotopic (exact) mass is 262 g/mol. The van der Waals surface area contributed by atoms with Crippen molar-refractivity contribution in [3.63, 3.8) is 0 Å². The van der Waals surface area contributed by atoms with Crippen LogP contribution in [0.3, 0.4) is 0 Å². The van der Waals surface area contributed by atoms with Crippen molar-refractivity contribution in [1.82, 2.24) is 9.55 Å². The molecule has 0 amide bonds. The third-order valence-corrected chi connectivity index (χ3v) is 2.81.